The molecule has 5 nitrogen and oxygen atoms in total. The first kappa shape index (κ1) is 8.73. The number of aliphatic imine (C=N–C) groups is 1. The van der Waals surface area contributed by atoms with E-state index in [2.05, 4.69) is 16.8 Å². The highest BCUT2D eigenvalue weighted by Crippen LogP contribution is 2.18. The second kappa shape index (κ2) is 3.36. The fourth-order valence-electron chi connectivity index (χ4n) is 0.965. The van der Waals surface area contributed by atoms with Gasteiger partial charge in [0.15, 0.2) is 5.82 Å². The molecule has 0 amide bonds. The molecule has 66 valence electrons. The standard InChI is InChI=1S/C7H13N5/c1-5-9-7-6-10(3)11(4)12(7)8-2/h5-6H,2H2,1,3-4H3. The highest BCUT2D eigenvalue weighted by Gasteiger charge is 2.22. The molecule has 1 aliphatic heterocycles. The van der Waals surface area contributed by atoms with E-state index in [1.807, 2.05) is 32.2 Å². The Hall–Kier alpha value is -1.36. The maximum atomic E-state index is 4.12. The van der Waals surface area contributed by atoms with Gasteiger partial charge in [-0.05, 0) is 6.92 Å². The fourth-order valence-corrected chi connectivity index (χ4v) is 0.965. The number of nitrogens with zero attached hydrogens (tertiary/aromatic N) is 5. The van der Waals surface area contributed by atoms with Crippen LogP contribution in [0.4, 0.5) is 0 Å². The Balaban J connectivity index is 2.84. The number of hydrazine groups is 2. The zero-order valence-corrected chi connectivity index (χ0v) is 7.60. The maximum absolute atomic E-state index is 4.12. The van der Waals surface area contributed by atoms with Crippen molar-refractivity contribution in [3.05, 3.63) is 12.0 Å². The molecule has 0 radical (unpaired) electrons. The second-order valence-electron chi connectivity index (χ2n) is 2.37. The van der Waals surface area contributed by atoms with Gasteiger partial charge in [-0.3, -0.25) is 5.01 Å². The van der Waals surface area contributed by atoms with E-state index in [0.717, 1.165) is 5.82 Å². The lowest BCUT2D eigenvalue weighted by atomic mass is 10.7. The van der Waals surface area contributed by atoms with Crippen molar-refractivity contribution in [2.45, 2.75) is 6.92 Å². The van der Waals surface area contributed by atoms with Crippen molar-refractivity contribution in [2.75, 3.05) is 14.1 Å². The molecule has 0 aromatic carbocycles. The predicted molar refractivity (Wildman–Crippen MR) is 49.2 cm³/mol. The number of hydrazone groups is 1. The first-order valence-electron chi connectivity index (χ1n) is 3.64. The van der Waals surface area contributed by atoms with Crippen LogP contribution in [0.5, 0.6) is 0 Å². The van der Waals surface area contributed by atoms with E-state index in [9.17, 15) is 0 Å². The van der Waals surface area contributed by atoms with Gasteiger partial charge in [0.2, 0.25) is 0 Å². The predicted octanol–water partition coefficient (Wildman–Crippen LogP) is 0.501. The van der Waals surface area contributed by atoms with Gasteiger partial charge < -0.3 is 0 Å². The molecule has 0 bridgehead atoms. The second-order valence-corrected chi connectivity index (χ2v) is 2.37. The Morgan fingerprint density at radius 2 is 2.17 bits per heavy atom. The van der Waals surface area contributed by atoms with Gasteiger partial charge in [-0.1, -0.05) is 0 Å². The highest BCUT2D eigenvalue weighted by atomic mass is 16.0. The van der Waals surface area contributed by atoms with Crippen LogP contribution in [-0.2, 0) is 0 Å². The largest absolute Gasteiger partial charge is 0.293 e. The van der Waals surface area contributed by atoms with Crippen molar-refractivity contribution < 1.29 is 0 Å². The van der Waals surface area contributed by atoms with Crippen molar-refractivity contribution in [1.82, 2.24) is 15.2 Å². The van der Waals surface area contributed by atoms with Crippen molar-refractivity contribution in [3.8, 4) is 0 Å². The molecule has 0 aromatic rings. The Morgan fingerprint density at radius 1 is 1.50 bits per heavy atom. The minimum Gasteiger partial charge on any atom is -0.293 e. The third kappa shape index (κ3) is 1.31. The zero-order valence-electron chi connectivity index (χ0n) is 7.60. The Morgan fingerprint density at radius 3 is 2.67 bits per heavy atom. The van der Waals surface area contributed by atoms with E-state index >= 15 is 0 Å². The molecule has 0 fully saturated rings. The van der Waals surface area contributed by atoms with E-state index in [4.69, 9.17) is 0 Å². The van der Waals surface area contributed by atoms with E-state index in [1.165, 1.54) is 0 Å². The van der Waals surface area contributed by atoms with Gasteiger partial charge in [-0.2, -0.15) is 10.2 Å². The zero-order chi connectivity index (χ0) is 9.14. The van der Waals surface area contributed by atoms with Crippen LogP contribution < -0.4 is 0 Å². The summed E-state index contributed by atoms with van der Waals surface area (Å²) >= 11 is 0. The van der Waals surface area contributed by atoms with Crippen LogP contribution in [0.1, 0.15) is 6.92 Å². The minimum atomic E-state index is 0.762. The molecule has 0 unspecified atom stereocenters. The molecule has 5 heteroatoms. The van der Waals surface area contributed by atoms with Crippen molar-refractivity contribution in [3.63, 3.8) is 0 Å². The van der Waals surface area contributed by atoms with Crippen LogP contribution in [0.3, 0.4) is 0 Å². The lowest BCUT2D eigenvalue weighted by molar-refractivity contribution is -0.0741. The van der Waals surface area contributed by atoms with Crippen LogP contribution >= 0.6 is 0 Å². The smallest absolute Gasteiger partial charge is 0.185 e. The van der Waals surface area contributed by atoms with Gasteiger partial charge >= 0.3 is 0 Å². The molecule has 12 heavy (non-hydrogen) atoms. The molecule has 0 N–H and O–H groups in total. The van der Waals surface area contributed by atoms with E-state index in [0.29, 0.717) is 0 Å². The lowest BCUT2D eigenvalue weighted by Crippen LogP contribution is -2.36. The van der Waals surface area contributed by atoms with Gasteiger partial charge in [0.25, 0.3) is 0 Å². The van der Waals surface area contributed by atoms with Gasteiger partial charge in [0.1, 0.15) is 0 Å². The molecule has 0 spiro atoms. The van der Waals surface area contributed by atoms with Gasteiger partial charge in [0, 0.05) is 27.0 Å². The van der Waals surface area contributed by atoms with E-state index < -0.39 is 0 Å². The Labute approximate surface area is 72.2 Å². The van der Waals surface area contributed by atoms with Gasteiger partial charge in [-0.25, -0.2) is 4.99 Å². The molecule has 0 atom stereocenters. The summed E-state index contributed by atoms with van der Waals surface area (Å²) in [6.45, 7) is 5.31. The summed E-state index contributed by atoms with van der Waals surface area (Å²) in [5, 5.41) is 9.09. The lowest BCUT2D eigenvalue weighted by Gasteiger charge is -2.25. The summed E-state index contributed by atoms with van der Waals surface area (Å²) in [5.74, 6) is 0.762. The normalized spacial score (nSPS) is 19.1. The van der Waals surface area contributed by atoms with E-state index in [1.54, 1.807) is 16.5 Å². The Bertz CT molecular complexity index is 232. The Kier molecular flexibility index (Phi) is 2.44. The number of hydrogen-bond donors (Lipinski definition) is 0. The SMILES string of the molecule is C=NN1C(N=CC)=CN(C)N1C. The number of rotatable bonds is 2. The van der Waals surface area contributed by atoms with Crippen LogP contribution in [0, 0.1) is 0 Å². The molecule has 0 aromatic heterocycles. The molecule has 1 aliphatic rings. The van der Waals surface area contributed by atoms with Crippen LogP contribution in [0.15, 0.2) is 22.1 Å². The quantitative estimate of drug-likeness (QED) is 0.562. The molecule has 0 aliphatic carbocycles. The summed E-state index contributed by atoms with van der Waals surface area (Å²) in [7, 11) is 3.79. The van der Waals surface area contributed by atoms with Crippen molar-refractivity contribution in [2.24, 2.45) is 10.1 Å². The summed E-state index contributed by atoms with van der Waals surface area (Å²) in [6.07, 6.45) is 3.59. The monoisotopic (exact) mass is 167 g/mol. The average Bonchev–Trinajstić information content (AvgIpc) is 2.29. The maximum Gasteiger partial charge on any atom is 0.185 e. The summed E-state index contributed by atoms with van der Waals surface area (Å²) < 4.78 is 0. The first-order chi connectivity index (χ1) is 5.70. The third-order valence-corrected chi connectivity index (χ3v) is 1.63. The average molecular weight is 167 g/mol. The third-order valence-electron chi connectivity index (χ3n) is 1.63. The fraction of sp³-hybridized carbons (Fsp3) is 0.429. The minimum absolute atomic E-state index is 0.762. The molecule has 1 rings (SSSR count). The number of hydrogen-bond acceptors (Lipinski definition) is 5. The highest BCUT2D eigenvalue weighted by molar-refractivity contribution is 5.55. The first-order valence-corrected chi connectivity index (χ1v) is 3.64. The van der Waals surface area contributed by atoms with Gasteiger partial charge in [-0.15, -0.1) is 5.12 Å². The van der Waals surface area contributed by atoms with Crippen LogP contribution in [0.2, 0.25) is 0 Å². The molecular formula is C7H13N5. The van der Waals surface area contributed by atoms with Crippen LogP contribution in [-0.4, -0.2) is 42.3 Å². The topological polar surface area (TPSA) is 34.4 Å². The summed E-state index contributed by atoms with van der Waals surface area (Å²) in [5.41, 5.74) is 0. The summed E-state index contributed by atoms with van der Waals surface area (Å²) in [4.78, 5) is 4.12. The molecule has 0 saturated heterocycles. The van der Waals surface area contributed by atoms with Gasteiger partial charge in [0.05, 0.1) is 6.20 Å². The molecule has 1 heterocycles. The summed E-state index contributed by atoms with van der Waals surface area (Å²) in [6, 6.07) is 0. The van der Waals surface area contributed by atoms with Crippen LogP contribution in [0.25, 0.3) is 0 Å². The molecule has 0 saturated carbocycles. The van der Waals surface area contributed by atoms with E-state index in [-0.39, 0.29) is 0 Å². The van der Waals surface area contributed by atoms with Crippen molar-refractivity contribution >= 4 is 12.9 Å². The van der Waals surface area contributed by atoms with Crippen molar-refractivity contribution in [1.29, 1.82) is 0 Å². The molecular weight excluding hydrogens is 154 g/mol.